The summed E-state index contributed by atoms with van der Waals surface area (Å²) < 4.78 is 5.06. The van der Waals surface area contributed by atoms with Crippen molar-refractivity contribution in [3.05, 3.63) is 53.9 Å². The first-order valence-electron chi connectivity index (χ1n) is 7.78. The fraction of sp³-hybridized carbons (Fsp3) is 0.444. The molecule has 4 nitrogen and oxygen atoms in total. The molecule has 2 aromatic rings. The van der Waals surface area contributed by atoms with Crippen LogP contribution >= 0.6 is 0 Å². The molecule has 0 radical (unpaired) electrons. The van der Waals surface area contributed by atoms with Gasteiger partial charge in [0.25, 0.3) is 0 Å². The Hall–Kier alpha value is -2.10. The lowest BCUT2D eigenvalue weighted by Crippen LogP contribution is -2.30. The summed E-state index contributed by atoms with van der Waals surface area (Å²) in [4.78, 5) is 14.5. The van der Waals surface area contributed by atoms with E-state index in [2.05, 4.69) is 43.3 Å². The van der Waals surface area contributed by atoms with Gasteiger partial charge in [0.05, 0.1) is 6.20 Å². The molecule has 1 aliphatic rings. The van der Waals surface area contributed by atoms with Gasteiger partial charge >= 0.3 is 0 Å². The molecule has 1 fully saturated rings. The van der Waals surface area contributed by atoms with Gasteiger partial charge < -0.3 is 9.42 Å². The molecule has 22 heavy (non-hydrogen) atoms. The summed E-state index contributed by atoms with van der Waals surface area (Å²) in [5.74, 6) is 1.36. The Bertz CT molecular complexity index is 620. The molecule has 0 aliphatic carbocycles. The van der Waals surface area contributed by atoms with Crippen molar-refractivity contribution in [1.82, 2.24) is 10.1 Å². The van der Waals surface area contributed by atoms with Crippen LogP contribution in [0.1, 0.15) is 37.5 Å². The Morgan fingerprint density at radius 3 is 2.77 bits per heavy atom. The standard InChI is InChI=1S/C18H22N2O2/c1-18(2)13-20(12-16(18)14-6-4-3-5-7-14)17(21)9-8-15-10-11-19-22-15/h3-7,10-11,16H,8-9,12-13H2,1-2H3. The van der Waals surface area contributed by atoms with E-state index in [1.807, 2.05) is 17.0 Å². The number of hydrogen-bond donors (Lipinski definition) is 0. The van der Waals surface area contributed by atoms with E-state index in [0.29, 0.717) is 18.8 Å². The first-order valence-corrected chi connectivity index (χ1v) is 7.78. The van der Waals surface area contributed by atoms with E-state index in [4.69, 9.17) is 4.52 Å². The van der Waals surface area contributed by atoms with Crippen LogP contribution in [0.2, 0.25) is 0 Å². The van der Waals surface area contributed by atoms with Gasteiger partial charge in [-0.3, -0.25) is 4.79 Å². The third-order valence-electron chi connectivity index (χ3n) is 4.58. The highest BCUT2D eigenvalue weighted by Gasteiger charge is 2.41. The summed E-state index contributed by atoms with van der Waals surface area (Å²) in [6.45, 7) is 6.09. The third-order valence-corrected chi connectivity index (χ3v) is 4.58. The predicted octanol–water partition coefficient (Wildman–Crippen LogP) is 3.26. The lowest BCUT2D eigenvalue weighted by molar-refractivity contribution is -0.130. The second kappa shape index (κ2) is 5.95. The molecule has 0 bridgehead atoms. The molecule has 1 aliphatic heterocycles. The van der Waals surface area contributed by atoms with Gasteiger partial charge in [0.2, 0.25) is 5.91 Å². The SMILES string of the molecule is CC1(C)CN(C(=O)CCc2ccno2)CC1c1ccccc1. The van der Waals surface area contributed by atoms with Crippen molar-refractivity contribution in [3.63, 3.8) is 0 Å². The van der Waals surface area contributed by atoms with Crippen molar-refractivity contribution >= 4 is 5.91 Å². The Labute approximate surface area is 131 Å². The first kappa shape index (κ1) is 14.8. The lowest BCUT2D eigenvalue weighted by atomic mass is 9.78. The van der Waals surface area contributed by atoms with Crippen LogP contribution in [0.5, 0.6) is 0 Å². The molecule has 0 N–H and O–H groups in total. The van der Waals surface area contributed by atoms with Crippen LogP contribution in [-0.4, -0.2) is 29.1 Å². The van der Waals surface area contributed by atoms with E-state index < -0.39 is 0 Å². The number of carbonyl (C=O) groups excluding carboxylic acids is 1. The van der Waals surface area contributed by atoms with E-state index in [9.17, 15) is 4.79 Å². The maximum atomic E-state index is 12.5. The lowest BCUT2D eigenvalue weighted by Gasteiger charge is -2.25. The van der Waals surface area contributed by atoms with Gasteiger partial charge in [0, 0.05) is 37.9 Å². The van der Waals surface area contributed by atoms with Gasteiger partial charge in [0.15, 0.2) is 0 Å². The highest BCUT2D eigenvalue weighted by molar-refractivity contribution is 5.77. The van der Waals surface area contributed by atoms with Gasteiger partial charge in [0.1, 0.15) is 5.76 Å². The summed E-state index contributed by atoms with van der Waals surface area (Å²) in [5, 5.41) is 3.67. The fourth-order valence-corrected chi connectivity index (χ4v) is 3.33. The van der Waals surface area contributed by atoms with Crippen molar-refractivity contribution in [2.24, 2.45) is 5.41 Å². The second-order valence-corrected chi connectivity index (χ2v) is 6.70. The molecule has 1 saturated heterocycles. The van der Waals surface area contributed by atoms with Crippen LogP contribution < -0.4 is 0 Å². The number of amides is 1. The van der Waals surface area contributed by atoms with Crippen LogP contribution in [0.3, 0.4) is 0 Å². The summed E-state index contributed by atoms with van der Waals surface area (Å²) >= 11 is 0. The van der Waals surface area contributed by atoms with Crippen LogP contribution in [0.15, 0.2) is 47.1 Å². The smallest absolute Gasteiger partial charge is 0.223 e. The minimum absolute atomic E-state index is 0.100. The summed E-state index contributed by atoms with van der Waals surface area (Å²) in [7, 11) is 0. The third kappa shape index (κ3) is 3.06. The Morgan fingerprint density at radius 2 is 2.09 bits per heavy atom. The fourth-order valence-electron chi connectivity index (χ4n) is 3.33. The van der Waals surface area contributed by atoms with Crippen molar-refractivity contribution < 1.29 is 9.32 Å². The van der Waals surface area contributed by atoms with E-state index >= 15 is 0 Å². The van der Waals surface area contributed by atoms with Gasteiger partial charge in [-0.15, -0.1) is 0 Å². The predicted molar refractivity (Wildman–Crippen MR) is 84.4 cm³/mol. The van der Waals surface area contributed by atoms with Crippen LogP contribution in [0.25, 0.3) is 0 Å². The zero-order valence-corrected chi connectivity index (χ0v) is 13.2. The topological polar surface area (TPSA) is 46.3 Å². The maximum Gasteiger partial charge on any atom is 0.223 e. The number of benzene rings is 1. The Morgan fingerprint density at radius 1 is 1.32 bits per heavy atom. The number of nitrogens with zero attached hydrogens (tertiary/aromatic N) is 2. The number of aryl methyl sites for hydroxylation is 1. The highest BCUT2D eigenvalue weighted by Crippen LogP contribution is 2.42. The Balaban J connectivity index is 1.65. The van der Waals surface area contributed by atoms with E-state index in [1.54, 1.807) is 6.20 Å². The van der Waals surface area contributed by atoms with Crippen molar-refractivity contribution in [2.45, 2.75) is 32.6 Å². The van der Waals surface area contributed by atoms with Crippen molar-refractivity contribution in [3.8, 4) is 0 Å². The van der Waals surface area contributed by atoms with Crippen molar-refractivity contribution in [1.29, 1.82) is 0 Å². The van der Waals surface area contributed by atoms with Crippen LogP contribution in [0, 0.1) is 5.41 Å². The molecule has 1 unspecified atom stereocenters. The average molecular weight is 298 g/mol. The minimum atomic E-state index is 0.100. The molecular weight excluding hydrogens is 276 g/mol. The van der Waals surface area contributed by atoms with Gasteiger partial charge in [-0.05, 0) is 11.0 Å². The average Bonchev–Trinajstić information content (AvgIpc) is 3.13. The number of carbonyl (C=O) groups is 1. The number of hydrogen-bond acceptors (Lipinski definition) is 3. The molecule has 2 heterocycles. The van der Waals surface area contributed by atoms with Gasteiger partial charge in [-0.25, -0.2) is 0 Å². The first-order chi connectivity index (χ1) is 10.6. The zero-order valence-electron chi connectivity index (χ0n) is 13.2. The van der Waals surface area contributed by atoms with Gasteiger partial charge in [-0.2, -0.15) is 0 Å². The maximum absolute atomic E-state index is 12.5. The molecule has 4 heteroatoms. The molecule has 3 rings (SSSR count). The molecule has 116 valence electrons. The molecule has 0 saturated carbocycles. The molecule has 1 atom stereocenters. The molecule has 1 aromatic heterocycles. The van der Waals surface area contributed by atoms with E-state index in [0.717, 1.165) is 18.8 Å². The molecule has 1 aromatic carbocycles. The van der Waals surface area contributed by atoms with E-state index in [-0.39, 0.29) is 11.3 Å². The van der Waals surface area contributed by atoms with Crippen molar-refractivity contribution in [2.75, 3.05) is 13.1 Å². The van der Waals surface area contributed by atoms with E-state index in [1.165, 1.54) is 5.56 Å². The highest BCUT2D eigenvalue weighted by atomic mass is 16.5. The largest absolute Gasteiger partial charge is 0.361 e. The molecule has 0 spiro atoms. The monoisotopic (exact) mass is 298 g/mol. The van der Waals surface area contributed by atoms with Gasteiger partial charge in [-0.1, -0.05) is 49.3 Å². The molecule has 1 amide bonds. The number of aromatic nitrogens is 1. The number of likely N-dealkylation sites (tertiary alicyclic amines) is 1. The quantitative estimate of drug-likeness (QED) is 0.870. The van der Waals surface area contributed by atoms with Crippen LogP contribution in [0.4, 0.5) is 0 Å². The normalized spacial score (nSPS) is 20.3. The number of rotatable bonds is 4. The minimum Gasteiger partial charge on any atom is -0.361 e. The second-order valence-electron chi connectivity index (χ2n) is 6.70. The Kier molecular flexibility index (Phi) is 4.01. The zero-order chi connectivity index (χ0) is 15.6. The summed E-state index contributed by atoms with van der Waals surface area (Å²) in [5.41, 5.74) is 1.42. The molecular formula is C18H22N2O2. The summed E-state index contributed by atoms with van der Waals surface area (Å²) in [6, 6.07) is 12.3. The van der Waals surface area contributed by atoms with Crippen LogP contribution in [-0.2, 0) is 11.2 Å². The summed E-state index contributed by atoms with van der Waals surface area (Å²) in [6.07, 6.45) is 2.71.